The third kappa shape index (κ3) is 3.67. The summed E-state index contributed by atoms with van der Waals surface area (Å²) in [5.74, 6) is -1.86. The van der Waals surface area contributed by atoms with Crippen LogP contribution in [-0.2, 0) is 4.79 Å². The Kier molecular flexibility index (Phi) is 4.89. The molecule has 0 saturated carbocycles. The van der Waals surface area contributed by atoms with Crippen molar-refractivity contribution in [3.05, 3.63) is 101 Å². The van der Waals surface area contributed by atoms with Gasteiger partial charge in [0.05, 0.1) is 17.0 Å². The van der Waals surface area contributed by atoms with E-state index in [9.17, 15) is 18.7 Å². The average molecular weight is 351 g/mol. The van der Waals surface area contributed by atoms with E-state index < -0.39 is 5.97 Å². The highest BCUT2D eigenvalue weighted by molar-refractivity contribution is 6.14. The van der Waals surface area contributed by atoms with Crippen LogP contribution in [0.4, 0.5) is 8.78 Å². The van der Waals surface area contributed by atoms with Crippen molar-refractivity contribution < 1.29 is 18.7 Å². The zero-order valence-corrected chi connectivity index (χ0v) is 13.7. The molecule has 1 aliphatic rings. The van der Waals surface area contributed by atoms with Gasteiger partial charge in [-0.2, -0.15) is 0 Å². The number of aliphatic carboxylic acids is 1. The van der Waals surface area contributed by atoms with E-state index in [2.05, 4.69) is 11.6 Å². The Morgan fingerprint density at radius 3 is 2.04 bits per heavy atom. The minimum Gasteiger partial charge on any atom is -0.478 e. The third-order valence-corrected chi connectivity index (χ3v) is 4.02. The number of rotatable bonds is 4. The fourth-order valence-electron chi connectivity index (χ4n) is 2.72. The average Bonchev–Trinajstić information content (AvgIpc) is 2.63. The number of benzene rings is 2. The molecule has 2 aromatic carbocycles. The molecule has 130 valence electrons. The van der Waals surface area contributed by atoms with Crippen LogP contribution in [-0.4, -0.2) is 16.8 Å². The van der Waals surface area contributed by atoms with E-state index in [4.69, 9.17) is 0 Å². The van der Waals surface area contributed by atoms with Crippen LogP contribution >= 0.6 is 0 Å². The zero-order chi connectivity index (χ0) is 18.7. The van der Waals surface area contributed by atoms with Gasteiger partial charge >= 0.3 is 5.97 Å². The number of dihydropyridines is 1. The molecule has 2 aromatic rings. The number of halogens is 2. The Morgan fingerprint density at radius 1 is 1.00 bits per heavy atom. The zero-order valence-electron chi connectivity index (χ0n) is 13.7. The molecule has 0 amide bonds. The summed E-state index contributed by atoms with van der Waals surface area (Å²) in [4.78, 5) is 15.9. The molecular weight excluding hydrogens is 336 g/mol. The topological polar surface area (TPSA) is 49.7 Å². The van der Waals surface area contributed by atoms with Crippen molar-refractivity contribution in [1.82, 2.24) is 0 Å². The number of hydrogen-bond donors (Lipinski definition) is 1. The van der Waals surface area contributed by atoms with Gasteiger partial charge < -0.3 is 5.11 Å². The van der Waals surface area contributed by atoms with Gasteiger partial charge in [-0.15, -0.1) is 0 Å². The first kappa shape index (κ1) is 17.5. The first-order valence-corrected chi connectivity index (χ1v) is 7.88. The maximum absolute atomic E-state index is 13.2. The van der Waals surface area contributed by atoms with E-state index in [-0.39, 0.29) is 23.6 Å². The Bertz CT molecular complexity index is 953. The largest absolute Gasteiger partial charge is 0.478 e. The number of aliphatic imine (C=N–C) groups is 1. The first-order valence-electron chi connectivity index (χ1n) is 7.88. The lowest BCUT2D eigenvalue weighted by molar-refractivity contribution is -0.132. The molecule has 0 saturated heterocycles. The second-order valence-electron chi connectivity index (χ2n) is 5.73. The van der Waals surface area contributed by atoms with Crippen molar-refractivity contribution in [3.63, 3.8) is 0 Å². The van der Waals surface area contributed by atoms with Crippen molar-refractivity contribution in [1.29, 1.82) is 0 Å². The van der Waals surface area contributed by atoms with E-state index in [1.165, 1.54) is 30.3 Å². The van der Waals surface area contributed by atoms with Crippen LogP contribution in [0.2, 0.25) is 0 Å². The van der Waals surface area contributed by atoms with Gasteiger partial charge in [-0.3, -0.25) is 4.99 Å². The molecule has 1 aliphatic heterocycles. The standard InChI is InChI=1S/C21H15F2NO2/c1-2-18(21(25)26)20-12-15(13-3-7-16(22)8-4-13)11-19(24-20)14-5-9-17(23)10-6-14/h2-11H,1,12H2,(H,25,26)/b20-18-. The maximum Gasteiger partial charge on any atom is 0.337 e. The minimum atomic E-state index is -1.13. The van der Waals surface area contributed by atoms with Crippen molar-refractivity contribution in [2.45, 2.75) is 6.42 Å². The molecule has 5 heteroatoms. The lowest BCUT2D eigenvalue weighted by Crippen LogP contribution is -2.09. The second kappa shape index (κ2) is 7.27. The van der Waals surface area contributed by atoms with Gasteiger partial charge in [-0.25, -0.2) is 13.6 Å². The predicted octanol–water partition coefficient (Wildman–Crippen LogP) is 4.77. The molecule has 0 fully saturated rings. The molecule has 0 aliphatic carbocycles. The summed E-state index contributed by atoms with van der Waals surface area (Å²) in [6.45, 7) is 3.55. The summed E-state index contributed by atoms with van der Waals surface area (Å²) in [5.41, 5.74) is 3.04. The molecule has 0 aromatic heterocycles. The van der Waals surface area contributed by atoms with Gasteiger partial charge in [-0.1, -0.05) is 24.8 Å². The van der Waals surface area contributed by atoms with Crippen LogP contribution < -0.4 is 0 Å². The lowest BCUT2D eigenvalue weighted by Gasteiger charge is -2.17. The Labute approximate surface area is 149 Å². The normalized spacial score (nSPS) is 15.8. The summed E-state index contributed by atoms with van der Waals surface area (Å²) in [7, 11) is 0. The summed E-state index contributed by atoms with van der Waals surface area (Å²) >= 11 is 0. The van der Waals surface area contributed by atoms with Crippen LogP contribution in [0.3, 0.4) is 0 Å². The number of allylic oxidation sites excluding steroid dienone is 2. The Hall–Kier alpha value is -3.34. The van der Waals surface area contributed by atoms with Crippen molar-refractivity contribution >= 4 is 17.3 Å². The summed E-state index contributed by atoms with van der Waals surface area (Å²) in [6, 6.07) is 11.7. The number of hydrogen-bond acceptors (Lipinski definition) is 2. The van der Waals surface area contributed by atoms with E-state index in [1.54, 1.807) is 30.3 Å². The fourth-order valence-corrected chi connectivity index (χ4v) is 2.72. The Morgan fingerprint density at radius 2 is 1.54 bits per heavy atom. The summed E-state index contributed by atoms with van der Waals surface area (Å²) < 4.78 is 26.4. The molecular formula is C21H15F2NO2. The van der Waals surface area contributed by atoms with Crippen LogP contribution in [0.5, 0.6) is 0 Å². The highest BCUT2D eigenvalue weighted by Gasteiger charge is 2.19. The van der Waals surface area contributed by atoms with Gasteiger partial charge in [0.1, 0.15) is 11.6 Å². The smallest absolute Gasteiger partial charge is 0.337 e. The van der Waals surface area contributed by atoms with Gasteiger partial charge in [0.25, 0.3) is 0 Å². The van der Waals surface area contributed by atoms with Crippen LogP contribution in [0, 0.1) is 11.6 Å². The molecule has 1 N–H and O–H groups in total. The first-order chi connectivity index (χ1) is 12.5. The number of carboxylic acids is 1. The number of carbonyl (C=O) groups is 1. The fraction of sp³-hybridized carbons (Fsp3) is 0.0476. The maximum atomic E-state index is 13.2. The second-order valence-corrected chi connectivity index (χ2v) is 5.73. The lowest BCUT2D eigenvalue weighted by atomic mass is 9.93. The predicted molar refractivity (Wildman–Crippen MR) is 96.8 cm³/mol. The number of carboxylic acid groups (broad SMARTS) is 1. The van der Waals surface area contributed by atoms with Crippen LogP contribution in [0.25, 0.3) is 5.57 Å². The molecule has 0 atom stereocenters. The minimum absolute atomic E-state index is 0.00248. The van der Waals surface area contributed by atoms with E-state index >= 15 is 0 Å². The van der Waals surface area contributed by atoms with Crippen molar-refractivity contribution in [2.75, 3.05) is 0 Å². The third-order valence-electron chi connectivity index (χ3n) is 4.02. The monoisotopic (exact) mass is 351 g/mol. The Balaban J connectivity index is 2.15. The van der Waals surface area contributed by atoms with E-state index in [1.807, 2.05) is 0 Å². The molecule has 0 bridgehead atoms. The van der Waals surface area contributed by atoms with Crippen LogP contribution in [0.1, 0.15) is 17.5 Å². The molecule has 0 radical (unpaired) electrons. The van der Waals surface area contributed by atoms with Crippen molar-refractivity contribution in [2.24, 2.45) is 4.99 Å². The highest BCUT2D eigenvalue weighted by Crippen LogP contribution is 2.31. The van der Waals surface area contributed by atoms with E-state index in [0.717, 1.165) is 11.1 Å². The molecule has 0 spiro atoms. The number of nitrogens with zero attached hydrogens (tertiary/aromatic N) is 1. The molecule has 3 rings (SSSR count). The summed E-state index contributed by atoms with van der Waals surface area (Å²) in [6.07, 6.45) is 3.31. The van der Waals surface area contributed by atoms with Gasteiger partial charge in [0.2, 0.25) is 0 Å². The quantitative estimate of drug-likeness (QED) is 0.807. The molecule has 3 nitrogen and oxygen atoms in total. The molecule has 0 unspecified atom stereocenters. The van der Waals surface area contributed by atoms with Gasteiger partial charge in [0.15, 0.2) is 0 Å². The highest BCUT2D eigenvalue weighted by atomic mass is 19.1. The van der Waals surface area contributed by atoms with Gasteiger partial charge in [-0.05, 0) is 53.6 Å². The molecule has 26 heavy (non-hydrogen) atoms. The summed E-state index contributed by atoms with van der Waals surface area (Å²) in [5, 5.41) is 9.39. The van der Waals surface area contributed by atoms with Gasteiger partial charge in [0, 0.05) is 12.0 Å². The molecule has 1 heterocycles. The van der Waals surface area contributed by atoms with Crippen LogP contribution in [0.15, 0.2) is 83.5 Å². The van der Waals surface area contributed by atoms with Crippen molar-refractivity contribution in [3.8, 4) is 0 Å². The SMILES string of the molecule is C=C/C(C(=O)O)=C1\CC(c2ccc(F)cc2)=CC(c2ccc(F)cc2)=N1. The van der Waals surface area contributed by atoms with E-state index in [0.29, 0.717) is 17.0 Å².